The lowest BCUT2D eigenvalue weighted by molar-refractivity contribution is 0.118. The first-order chi connectivity index (χ1) is 10.2. The molecule has 2 aromatic rings. The minimum absolute atomic E-state index is 0.0391. The van der Waals surface area contributed by atoms with Crippen LogP contribution in [0.3, 0.4) is 0 Å². The molecule has 12 heteroatoms. The number of nitrogens with zero attached hydrogens (tertiary/aromatic N) is 3. The van der Waals surface area contributed by atoms with Crippen LogP contribution in [0, 0.1) is 11.8 Å². The molecule has 11 nitrogen and oxygen atoms in total. The number of aromatic amines is 1. The van der Waals surface area contributed by atoms with Gasteiger partial charge in [0.2, 0.25) is 5.95 Å². The molecule has 0 aliphatic carbocycles. The van der Waals surface area contributed by atoms with Crippen LogP contribution in [0.25, 0.3) is 11.2 Å². The highest BCUT2D eigenvalue weighted by atomic mass is 31.2. The number of aliphatic hydroxyl groups excluding tert-OH is 1. The molecule has 0 bridgehead atoms. The summed E-state index contributed by atoms with van der Waals surface area (Å²) in [5, 5.41) is 9.39. The molecule has 0 aromatic carbocycles. The highest BCUT2D eigenvalue weighted by molar-refractivity contribution is 7.46. The van der Waals surface area contributed by atoms with E-state index in [2.05, 4.69) is 36.3 Å². The van der Waals surface area contributed by atoms with Crippen LogP contribution in [0.15, 0.2) is 11.0 Å². The van der Waals surface area contributed by atoms with E-state index in [1.54, 1.807) is 0 Å². The Morgan fingerprint density at radius 3 is 2.86 bits per heavy atom. The van der Waals surface area contributed by atoms with Gasteiger partial charge in [0.05, 0.1) is 12.8 Å². The summed E-state index contributed by atoms with van der Waals surface area (Å²) < 4.78 is 14.5. The van der Waals surface area contributed by atoms with Crippen molar-refractivity contribution < 1.29 is 24.0 Å². The van der Waals surface area contributed by atoms with Crippen molar-refractivity contribution in [2.45, 2.75) is 6.10 Å². The maximum absolute atomic E-state index is 11.6. The van der Waals surface area contributed by atoms with Crippen molar-refractivity contribution in [2.24, 2.45) is 0 Å². The van der Waals surface area contributed by atoms with Crippen LogP contribution in [-0.4, -0.2) is 47.5 Å². The molecular weight excluding hydrogens is 317 g/mol. The van der Waals surface area contributed by atoms with Crippen LogP contribution >= 0.6 is 7.82 Å². The first kappa shape index (κ1) is 16.0. The lowest BCUT2D eigenvalue weighted by Gasteiger charge is -2.05. The smallest absolute Gasteiger partial charge is 0.378 e. The van der Waals surface area contributed by atoms with Gasteiger partial charge in [0, 0.05) is 0 Å². The molecule has 0 radical (unpaired) electrons. The number of hydrogen-bond acceptors (Lipinski definition) is 8. The van der Waals surface area contributed by atoms with E-state index in [9.17, 15) is 14.5 Å². The minimum atomic E-state index is -4.68. The number of phosphoric acid groups is 1. The van der Waals surface area contributed by atoms with Crippen molar-refractivity contribution in [3.63, 3.8) is 0 Å². The van der Waals surface area contributed by atoms with E-state index in [-0.39, 0.29) is 22.8 Å². The number of rotatable bonds is 3. The number of aliphatic hydroxyl groups is 1. The van der Waals surface area contributed by atoms with Gasteiger partial charge in [-0.3, -0.25) is 14.3 Å². The van der Waals surface area contributed by atoms with E-state index in [1.165, 1.54) is 6.20 Å². The summed E-state index contributed by atoms with van der Waals surface area (Å²) in [6.07, 6.45) is -0.245. The molecule has 2 heterocycles. The Bertz CT molecular complexity index is 865. The van der Waals surface area contributed by atoms with Crippen LogP contribution in [0.4, 0.5) is 5.95 Å². The number of nitrogen functional groups attached to an aromatic ring is 1. The van der Waals surface area contributed by atoms with Crippen molar-refractivity contribution >= 4 is 24.9 Å². The minimum Gasteiger partial charge on any atom is -0.378 e. The number of H-pyrrole nitrogens is 1. The summed E-state index contributed by atoms with van der Waals surface area (Å²) in [7, 11) is -4.68. The molecule has 0 fully saturated rings. The maximum Gasteiger partial charge on any atom is 0.469 e. The molecule has 1 unspecified atom stereocenters. The average molecular weight is 327 g/mol. The third kappa shape index (κ3) is 4.32. The molecular formula is C10H10N5O6P. The van der Waals surface area contributed by atoms with Crippen molar-refractivity contribution in [2.75, 3.05) is 12.3 Å². The van der Waals surface area contributed by atoms with Crippen LogP contribution in [0.1, 0.15) is 5.69 Å². The monoisotopic (exact) mass is 327 g/mol. The first-order valence-corrected chi connectivity index (χ1v) is 7.20. The highest BCUT2D eigenvalue weighted by Crippen LogP contribution is 2.35. The number of aromatic nitrogens is 4. The fourth-order valence-corrected chi connectivity index (χ4v) is 1.70. The van der Waals surface area contributed by atoms with Crippen LogP contribution < -0.4 is 11.3 Å². The summed E-state index contributed by atoms with van der Waals surface area (Å²) in [5.74, 6) is 4.54. The van der Waals surface area contributed by atoms with Gasteiger partial charge in [-0.1, -0.05) is 5.92 Å². The number of nitrogens with two attached hydrogens (primary N) is 1. The topological polar surface area (TPSA) is 185 Å². The molecule has 0 amide bonds. The normalized spacial score (nSPS) is 12.7. The molecule has 22 heavy (non-hydrogen) atoms. The number of hydrogen-bond donors (Lipinski definition) is 5. The zero-order valence-corrected chi connectivity index (χ0v) is 11.7. The van der Waals surface area contributed by atoms with Gasteiger partial charge >= 0.3 is 7.82 Å². The second kappa shape index (κ2) is 6.18. The Morgan fingerprint density at radius 2 is 2.18 bits per heavy atom. The summed E-state index contributed by atoms with van der Waals surface area (Å²) in [6, 6.07) is 0. The lowest BCUT2D eigenvalue weighted by Crippen LogP contribution is -2.14. The van der Waals surface area contributed by atoms with Gasteiger partial charge in [-0.25, -0.2) is 14.5 Å². The molecule has 0 saturated carbocycles. The second-order valence-electron chi connectivity index (χ2n) is 3.95. The van der Waals surface area contributed by atoms with Crippen LogP contribution in [0.5, 0.6) is 0 Å². The fraction of sp³-hybridized carbons (Fsp3) is 0.200. The third-order valence-electron chi connectivity index (χ3n) is 2.20. The van der Waals surface area contributed by atoms with E-state index in [0.29, 0.717) is 0 Å². The van der Waals surface area contributed by atoms with Crippen molar-refractivity contribution in [1.29, 1.82) is 0 Å². The SMILES string of the molecule is Nc1nc2ncc(C#CC(O)COP(=O)(O)O)nc2c(=O)[nH]1. The molecule has 2 rings (SSSR count). The average Bonchev–Trinajstić information content (AvgIpc) is 2.42. The van der Waals surface area contributed by atoms with Gasteiger partial charge in [0.15, 0.2) is 11.2 Å². The summed E-state index contributed by atoms with van der Waals surface area (Å²) >= 11 is 0. The van der Waals surface area contributed by atoms with Gasteiger partial charge < -0.3 is 20.6 Å². The Balaban J connectivity index is 2.21. The van der Waals surface area contributed by atoms with Gasteiger partial charge in [0.1, 0.15) is 11.8 Å². The molecule has 0 aliphatic heterocycles. The third-order valence-corrected chi connectivity index (χ3v) is 2.69. The maximum atomic E-state index is 11.6. The number of anilines is 1. The van der Waals surface area contributed by atoms with E-state index in [0.717, 1.165) is 0 Å². The molecule has 1 atom stereocenters. The Kier molecular flexibility index (Phi) is 4.51. The Labute approximate surface area is 122 Å². The molecule has 0 aliphatic rings. The molecule has 0 saturated heterocycles. The standard InChI is InChI=1S/C10H10N5O6P/c11-10-14-8-7(9(17)15-10)13-5(3-12-8)1-2-6(16)4-21-22(18,19)20/h3,6,16H,4H2,(H2,18,19,20)(H3,11,12,14,15,17). The molecule has 2 aromatic heterocycles. The van der Waals surface area contributed by atoms with E-state index < -0.39 is 26.1 Å². The zero-order valence-electron chi connectivity index (χ0n) is 10.8. The largest absolute Gasteiger partial charge is 0.469 e. The predicted octanol–water partition coefficient (Wildman–Crippen LogP) is -1.88. The fourth-order valence-electron chi connectivity index (χ4n) is 1.36. The van der Waals surface area contributed by atoms with Crippen molar-refractivity contribution in [3.8, 4) is 11.8 Å². The Hall–Kier alpha value is -2.35. The number of fused-ring (bicyclic) bond motifs is 1. The Morgan fingerprint density at radius 1 is 1.45 bits per heavy atom. The number of phosphoric ester groups is 1. The van der Waals surface area contributed by atoms with Crippen LogP contribution in [0.2, 0.25) is 0 Å². The van der Waals surface area contributed by atoms with Crippen LogP contribution in [-0.2, 0) is 9.09 Å². The molecule has 0 spiro atoms. The van der Waals surface area contributed by atoms with E-state index in [1.807, 2.05) is 0 Å². The highest BCUT2D eigenvalue weighted by Gasteiger charge is 2.15. The van der Waals surface area contributed by atoms with E-state index in [4.69, 9.17) is 15.5 Å². The van der Waals surface area contributed by atoms with E-state index >= 15 is 0 Å². The lowest BCUT2D eigenvalue weighted by atomic mass is 10.3. The summed E-state index contributed by atoms with van der Waals surface area (Å²) in [4.78, 5) is 42.3. The van der Waals surface area contributed by atoms with Crippen molar-refractivity contribution in [1.82, 2.24) is 19.9 Å². The van der Waals surface area contributed by atoms with Gasteiger partial charge in [-0.15, -0.1) is 0 Å². The number of nitrogens with one attached hydrogen (secondary N) is 1. The van der Waals surface area contributed by atoms with Crippen molar-refractivity contribution in [3.05, 3.63) is 22.2 Å². The molecule has 6 N–H and O–H groups in total. The first-order valence-electron chi connectivity index (χ1n) is 5.67. The second-order valence-corrected chi connectivity index (χ2v) is 5.19. The molecule has 116 valence electrons. The summed E-state index contributed by atoms with van der Waals surface area (Å²) in [5.41, 5.74) is 4.78. The quantitative estimate of drug-likeness (QED) is 0.315. The zero-order chi connectivity index (χ0) is 16.3. The van der Waals surface area contributed by atoms with Gasteiger partial charge in [0.25, 0.3) is 5.56 Å². The van der Waals surface area contributed by atoms with Gasteiger partial charge in [-0.05, 0) is 5.92 Å². The van der Waals surface area contributed by atoms with Gasteiger partial charge in [-0.2, -0.15) is 4.98 Å². The predicted molar refractivity (Wildman–Crippen MR) is 73.2 cm³/mol. The summed E-state index contributed by atoms with van der Waals surface area (Å²) in [6.45, 7) is -0.684.